The number of carbonyl (C=O) groups excluding carboxylic acids is 1. The van der Waals surface area contributed by atoms with Gasteiger partial charge in [0.15, 0.2) is 0 Å². The van der Waals surface area contributed by atoms with Gasteiger partial charge in [0.2, 0.25) is 0 Å². The summed E-state index contributed by atoms with van der Waals surface area (Å²) in [5, 5.41) is 0. The summed E-state index contributed by atoms with van der Waals surface area (Å²) in [4.78, 5) is 11.0. The second kappa shape index (κ2) is 9.60. The maximum atomic E-state index is 11.0. The van der Waals surface area contributed by atoms with Gasteiger partial charge in [-0.1, -0.05) is 24.8 Å². The summed E-state index contributed by atoms with van der Waals surface area (Å²) in [6.07, 6.45) is 0. The van der Waals surface area contributed by atoms with Crippen LogP contribution < -0.4 is 4.74 Å². The van der Waals surface area contributed by atoms with Gasteiger partial charge in [0.1, 0.15) is 5.75 Å². The van der Waals surface area contributed by atoms with Crippen LogP contribution >= 0.6 is 0 Å². The molecule has 0 radical (unpaired) electrons. The Labute approximate surface area is 103 Å². The molecule has 0 aliphatic heterocycles. The van der Waals surface area contributed by atoms with Crippen molar-refractivity contribution in [3.63, 3.8) is 0 Å². The van der Waals surface area contributed by atoms with Crippen molar-refractivity contribution in [3.8, 4) is 5.75 Å². The average molecular weight is 236 g/mol. The molecule has 0 N–H and O–H groups in total. The van der Waals surface area contributed by atoms with Gasteiger partial charge < -0.3 is 9.47 Å². The zero-order valence-corrected chi connectivity index (χ0v) is 10.7. The molecule has 1 aromatic carbocycles. The first kappa shape index (κ1) is 15.4. The zero-order valence-electron chi connectivity index (χ0n) is 10.7. The molecule has 3 heteroatoms. The number of esters is 1. The van der Waals surface area contributed by atoms with Crippen molar-refractivity contribution < 1.29 is 14.3 Å². The van der Waals surface area contributed by atoms with Gasteiger partial charge >= 0.3 is 5.97 Å². The van der Waals surface area contributed by atoms with Crippen LogP contribution in [0.1, 0.15) is 20.8 Å². The van der Waals surface area contributed by atoms with Crippen LogP contribution in [0.4, 0.5) is 0 Å². The fourth-order valence-electron chi connectivity index (χ4n) is 0.887. The first-order valence-corrected chi connectivity index (χ1v) is 5.62. The molecular formula is C14H20O3. The zero-order chi connectivity index (χ0) is 13.1. The van der Waals surface area contributed by atoms with Crippen LogP contribution in [0.2, 0.25) is 0 Å². The van der Waals surface area contributed by atoms with Gasteiger partial charge in [-0.05, 0) is 32.9 Å². The lowest BCUT2D eigenvalue weighted by molar-refractivity contribution is -0.130. The number of ether oxygens (including phenoxy) is 2. The van der Waals surface area contributed by atoms with E-state index in [0.29, 0.717) is 11.3 Å². The van der Waals surface area contributed by atoms with E-state index in [9.17, 15) is 4.79 Å². The summed E-state index contributed by atoms with van der Waals surface area (Å²) in [5.74, 6) is 0.159. The van der Waals surface area contributed by atoms with Gasteiger partial charge in [-0.15, -0.1) is 0 Å². The molecule has 0 heterocycles. The SMILES string of the molecule is C=C(C)C(=O)Oc1ccccc1.CCOCC. The van der Waals surface area contributed by atoms with E-state index in [-0.39, 0.29) is 5.97 Å². The lowest BCUT2D eigenvalue weighted by Crippen LogP contribution is -2.07. The summed E-state index contributed by atoms with van der Waals surface area (Å²) in [6.45, 7) is 10.8. The van der Waals surface area contributed by atoms with Crippen molar-refractivity contribution in [3.05, 3.63) is 42.5 Å². The highest BCUT2D eigenvalue weighted by Gasteiger charge is 2.03. The van der Waals surface area contributed by atoms with Crippen LogP contribution in [0, 0.1) is 0 Å². The van der Waals surface area contributed by atoms with Gasteiger partial charge in [-0.3, -0.25) is 0 Å². The molecule has 3 nitrogen and oxygen atoms in total. The minimum atomic E-state index is -0.388. The number of rotatable bonds is 4. The summed E-state index contributed by atoms with van der Waals surface area (Å²) >= 11 is 0. The lowest BCUT2D eigenvalue weighted by Gasteiger charge is -2.01. The summed E-state index contributed by atoms with van der Waals surface area (Å²) in [7, 11) is 0. The van der Waals surface area contributed by atoms with Crippen LogP contribution in [-0.2, 0) is 9.53 Å². The molecule has 0 saturated carbocycles. The van der Waals surface area contributed by atoms with Crippen molar-refractivity contribution in [2.24, 2.45) is 0 Å². The van der Waals surface area contributed by atoms with Crippen molar-refractivity contribution in [2.45, 2.75) is 20.8 Å². The Morgan fingerprint density at radius 3 is 2.06 bits per heavy atom. The Morgan fingerprint density at radius 1 is 1.18 bits per heavy atom. The van der Waals surface area contributed by atoms with E-state index < -0.39 is 0 Å². The molecule has 0 amide bonds. The molecule has 0 bridgehead atoms. The largest absolute Gasteiger partial charge is 0.423 e. The first-order chi connectivity index (χ1) is 8.11. The predicted molar refractivity (Wildman–Crippen MR) is 69.1 cm³/mol. The Balaban J connectivity index is 0.000000437. The smallest absolute Gasteiger partial charge is 0.338 e. The van der Waals surface area contributed by atoms with Crippen molar-refractivity contribution >= 4 is 5.97 Å². The number of para-hydroxylation sites is 1. The highest BCUT2D eigenvalue weighted by atomic mass is 16.5. The third-order valence-electron chi connectivity index (χ3n) is 1.71. The lowest BCUT2D eigenvalue weighted by atomic mass is 10.3. The molecule has 0 saturated heterocycles. The molecule has 0 fully saturated rings. The molecular weight excluding hydrogens is 216 g/mol. The second-order valence-electron chi connectivity index (χ2n) is 3.26. The van der Waals surface area contributed by atoms with Gasteiger partial charge in [0.05, 0.1) is 0 Å². The van der Waals surface area contributed by atoms with E-state index in [4.69, 9.17) is 9.47 Å². The topological polar surface area (TPSA) is 35.5 Å². The number of benzene rings is 1. The molecule has 1 aromatic rings. The quantitative estimate of drug-likeness (QED) is 0.457. The van der Waals surface area contributed by atoms with Crippen molar-refractivity contribution in [1.82, 2.24) is 0 Å². The summed E-state index contributed by atoms with van der Waals surface area (Å²) in [5.41, 5.74) is 0.402. The minimum absolute atomic E-state index is 0.388. The summed E-state index contributed by atoms with van der Waals surface area (Å²) < 4.78 is 9.77. The molecule has 0 aromatic heterocycles. The van der Waals surface area contributed by atoms with Crippen LogP contribution in [-0.4, -0.2) is 19.2 Å². The van der Waals surface area contributed by atoms with E-state index in [0.717, 1.165) is 13.2 Å². The average Bonchev–Trinajstić information content (AvgIpc) is 2.32. The third kappa shape index (κ3) is 8.22. The molecule has 0 atom stereocenters. The Hall–Kier alpha value is -1.61. The van der Waals surface area contributed by atoms with Gasteiger partial charge in [-0.25, -0.2) is 4.79 Å². The van der Waals surface area contributed by atoms with Crippen molar-refractivity contribution in [2.75, 3.05) is 13.2 Å². The molecule has 17 heavy (non-hydrogen) atoms. The molecule has 0 aliphatic rings. The van der Waals surface area contributed by atoms with Gasteiger partial charge in [0.25, 0.3) is 0 Å². The van der Waals surface area contributed by atoms with Crippen LogP contribution in [0.15, 0.2) is 42.5 Å². The normalized spacial score (nSPS) is 8.88. The van der Waals surface area contributed by atoms with E-state index in [1.54, 1.807) is 31.2 Å². The Kier molecular flexibility index (Phi) is 8.69. The third-order valence-corrected chi connectivity index (χ3v) is 1.71. The monoisotopic (exact) mass is 236 g/mol. The Bertz CT molecular complexity index is 329. The van der Waals surface area contributed by atoms with Crippen LogP contribution in [0.3, 0.4) is 0 Å². The summed E-state index contributed by atoms with van der Waals surface area (Å²) in [6, 6.07) is 8.92. The number of carbonyl (C=O) groups is 1. The standard InChI is InChI=1S/C10H10O2.C4H10O/c1-8(2)10(11)12-9-6-4-3-5-7-9;1-3-5-4-2/h3-7H,1H2,2H3;3-4H2,1-2H3. The maximum absolute atomic E-state index is 11.0. The van der Waals surface area contributed by atoms with E-state index in [1.807, 2.05) is 19.9 Å². The molecule has 0 unspecified atom stereocenters. The fourth-order valence-corrected chi connectivity index (χ4v) is 0.887. The number of hydrogen-bond acceptors (Lipinski definition) is 3. The molecule has 94 valence electrons. The van der Waals surface area contributed by atoms with Crippen molar-refractivity contribution in [1.29, 1.82) is 0 Å². The predicted octanol–water partition coefficient (Wildman–Crippen LogP) is 3.21. The van der Waals surface area contributed by atoms with Crippen LogP contribution in [0.5, 0.6) is 5.75 Å². The second-order valence-corrected chi connectivity index (χ2v) is 3.26. The van der Waals surface area contributed by atoms with E-state index in [2.05, 4.69) is 6.58 Å². The Morgan fingerprint density at radius 2 is 1.71 bits per heavy atom. The maximum Gasteiger partial charge on any atom is 0.338 e. The highest BCUT2D eigenvalue weighted by molar-refractivity contribution is 5.88. The van der Waals surface area contributed by atoms with E-state index in [1.165, 1.54) is 0 Å². The molecule has 1 rings (SSSR count). The van der Waals surface area contributed by atoms with Gasteiger partial charge in [0, 0.05) is 18.8 Å². The first-order valence-electron chi connectivity index (χ1n) is 5.62. The van der Waals surface area contributed by atoms with Crippen LogP contribution in [0.25, 0.3) is 0 Å². The minimum Gasteiger partial charge on any atom is -0.423 e. The molecule has 0 aliphatic carbocycles. The highest BCUT2D eigenvalue weighted by Crippen LogP contribution is 2.09. The number of hydrogen-bond donors (Lipinski definition) is 0. The van der Waals surface area contributed by atoms with Gasteiger partial charge in [-0.2, -0.15) is 0 Å². The fraction of sp³-hybridized carbons (Fsp3) is 0.357. The van der Waals surface area contributed by atoms with E-state index >= 15 is 0 Å². The molecule has 0 spiro atoms.